The number of hydrogen-bond donors (Lipinski definition) is 0. The van der Waals surface area contributed by atoms with Gasteiger partial charge in [0, 0.05) is 0 Å². The van der Waals surface area contributed by atoms with E-state index in [1.54, 1.807) is 6.08 Å². The van der Waals surface area contributed by atoms with Crippen LogP contribution >= 0.6 is 0 Å². The van der Waals surface area contributed by atoms with Gasteiger partial charge in [-0.25, -0.2) is 0 Å². The second-order valence-corrected chi connectivity index (χ2v) is 4.46. The highest BCUT2D eigenvalue weighted by Crippen LogP contribution is 2.03. The molecule has 0 aliphatic heterocycles. The van der Waals surface area contributed by atoms with Gasteiger partial charge in [0.2, 0.25) is 0 Å². The van der Waals surface area contributed by atoms with Crippen LogP contribution < -0.4 is 0 Å². The summed E-state index contributed by atoms with van der Waals surface area (Å²) in [5.41, 5.74) is 0.881. The first-order chi connectivity index (χ1) is 7.14. The van der Waals surface area contributed by atoms with Crippen LogP contribution in [0.2, 0.25) is 0 Å². The van der Waals surface area contributed by atoms with Gasteiger partial charge in [-0.1, -0.05) is 36.4 Å². The van der Waals surface area contributed by atoms with Gasteiger partial charge >= 0.3 is 10.1 Å². The third kappa shape index (κ3) is 4.46. The van der Waals surface area contributed by atoms with Crippen molar-refractivity contribution < 1.29 is 12.6 Å². The van der Waals surface area contributed by atoms with Crippen molar-refractivity contribution >= 4 is 16.2 Å². The minimum Gasteiger partial charge on any atom is -0.390 e. The van der Waals surface area contributed by atoms with Crippen molar-refractivity contribution in [2.45, 2.75) is 0 Å². The fraction of sp³-hybridized carbons (Fsp3) is 0.0909. The van der Waals surface area contributed by atoms with E-state index in [0.29, 0.717) is 0 Å². The van der Waals surface area contributed by atoms with Crippen molar-refractivity contribution in [1.29, 1.82) is 0 Å². The molecule has 0 amide bonds. The van der Waals surface area contributed by atoms with Gasteiger partial charge in [0.05, 0.1) is 0 Å². The molecule has 0 aliphatic carbocycles. The van der Waals surface area contributed by atoms with Crippen LogP contribution in [-0.4, -0.2) is 14.2 Å². The Labute approximate surface area is 89.8 Å². The Morgan fingerprint density at radius 1 is 1.27 bits per heavy atom. The van der Waals surface area contributed by atoms with Gasteiger partial charge in [0.25, 0.3) is 0 Å². The van der Waals surface area contributed by atoms with E-state index in [1.165, 1.54) is 6.08 Å². The summed E-state index contributed by atoms with van der Waals surface area (Å²) in [4.78, 5) is 0. The normalized spacial score (nSPS) is 11.5. The molecular weight excluding hydrogens is 212 g/mol. The van der Waals surface area contributed by atoms with Gasteiger partial charge in [-0.15, -0.1) is 6.58 Å². The van der Waals surface area contributed by atoms with Crippen LogP contribution in [-0.2, 0) is 14.3 Å². The Morgan fingerprint density at radius 2 is 1.93 bits per heavy atom. The lowest BCUT2D eigenvalue weighted by atomic mass is 10.2. The number of hydrogen-bond acceptors (Lipinski definition) is 3. The molecule has 0 bridgehead atoms. The predicted molar refractivity (Wildman–Crippen MR) is 60.5 cm³/mol. The topological polar surface area (TPSA) is 43.4 Å². The Balaban J connectivity index is 2.58. The van der Waals surface area contributed by atoms with Crippen molar-refractivity contribution in [2.24, 2.45) is 0 Å². The second-order valence-electron chi connectivity index (χ2n) is 2.82. The molecule has 1 aromatic carbocycles. The Morgan fingerprint density at radius 3 is 2.53 bits per heavy atom. The zero-order chi connectivity index (χ0) is 11.1. The van der Waals surface area contributed by atoms with Gasteiger partial charge in [-0.05, 0) is 11.6 Å². The summed E-state index contributed by atoms with van der Waals surface area (Å²) in [7, 11) is -3.51. The molecule has 0 fully saturated rings. The predicted octanol–water partition coefficient (Wildman–Crippen LogP) is 2.19. The van der Waals surface area contributed by atoms with E-state index in [9.17, 15) is 8.42 Å². The highest BCUT2D eigenvalue weighted by Gasteiger charge is 2.04. The lowest BCUT2D eigenvalue weighted by Gasteiger charge is -1.98. The molecule has 80 valence electrons. The first kappa shape index (κ1) is 11.5. The van der Waals surface area contributed by atoms with Crippen molar-refractivity contribution in [3.8, 4) is 0 Å². The molecule has 0 atom stereocenters. The van der Waals surface area contributed by atoms with E-state index in [2.05, 4.69) is 10.8 Å². The molecular formula is C11H12O3S. The summed E-state index contributed by atoms with van der Waals surface area (Å²) in [6.45, 7) is 3.33. The van der Waals surface area contributed by atoms with Crippen LogP contribution in [0.3, 0.4) is 0 Å². The molecule has 0 N–H and O–H groups in total. The van der Waals surface area contributed by atoms with Gasteiger partial charge in [-0.3, -0.25) is 0 Å². The number of rotatable bonds is 5. The van der Waals surface area contributed by atoms with Crippen LogP contribution in [0.4, 0.5) is 0 Å². The van der Waals surface area contributed by atoms with E-state index >= 15 is 0 Å². The fourth-order valence-electron chi connectivity index (χ4n) is 0.939. The lowest BCUT2D eigenvalue weighted by Crippen LogP contribution is -2.04. The maximum atomic E-state index is 11.1. The zero-order valence-corrected chi connectivity index (χ0v) is 8.98. The molecule has 4 heteroatoms. The van der Waals surface area contributed by atoms with Gasteiger partial charge in [0.15, 0.2) is 0 Å². The SMILES string of the molecule is C=CCS(=O)(=O)OC=Cc1ccccc1. The molecule has 0 heterocycles. The van der Waals surface area contributed by atoms with Crippen molar-refractivity contribution in [3.63, 3.8) is 0 Å². The first-order valence-electron chi connectivity index (χ1n) is 4.37. The van der Waals surface area contributed by atoms with E-state index in [-0.39, 0.29) is 5.75 Å². The Bertz CT molecular complexity index is 432. The molecule has 0 saturated carbocycles. The third-order valence-electron chi connectivity index (χ3n) is 1.58. The molecule has 3 nitrogen and oxygen atoms in total. The molecule has 0 unspecified atom stereocenters. The summed E-state index contributed by atoms with van der Waals surface area (Å²) in [5.74, 6) is -0.188. The van der Waals surface area contributed by atoms with Crippen LogP contribution in [0, 0.1) is 0 Å². The highest BCUT2D eigenvalue weighted by molar-refractivity contribution is 7.86. The molecule has 0 aromatic heterocycles. The Kier molecular flexibility index (Phi) is 4.12. The molecule has 0 aliphatic rings. The minimum absolute atomic E-state index is 0.188. The summed E-state index contributed by atoms with van der Waals surface area (Å²) in [6.07, 6.45) is 4.03. The Hall–Kier alpha value is -1.55. The van der Waals surface area contributed by atoms with Crippen molar-refractivity contribution in [3.05, 3.63) is 54.8 Å². The van der Waals surface area contributed by atoms with Crippen LogP contribution in [0.15, 0.2) is 49.2 Å². The maximum absolute atomic E-state index is 11.1. The first-order valence-corrected chi connectivity index (χ1v) is 5.95. The van der Waals surface area contributed by atoms with E-state index in [0.717, 1.165) is 11.8 Å². The van der Waals surface area contributed by atoms with Crippen molar-refractivity contribution in [2.75, 3.05) is 5.75 Å². The third-order valence-corrected chi connectivity index (χ3v) is 2.63. The lowest BCUT2D eigenvalue weighted by molar-refractivity contribution is 0.449. The molecule has 1 rings (SSSR count). The molecule has 15 heavy (non-hydrogen) atoms. The van der Waals surface area contributed by atoms with Crippen LogP contribution in [0.5, 0.6) is 0 Å². The van der Waals surface area contributed by atoms with E-state index in [1.807, 2.05) is 30.3 Å². The minimum atomic E-state index is -3.51. The molecule has 0 saturated heterocycles. The molecule has 1 aromatic rings. The monoisotopic (exact) mass is 224 g/mol. The fourth-order valence-corrected chi connectivity index (χ4v) is 1.53. The van der Waals surface area contributed by atoms with E-state index < -0.39 is 10.1 Å². The quantitative estimate of drug-likeness (QED) is 0.437. The summed E-state index contributed by atoms with van der Waals surface area (Å²) in [5, 5.41) is 0. The molecule has 0 spiro atoms. The summed E-state index contributed by atoms with van der Waals surface area (Å²) >= 11 is 0. The molecule has 0 radical (unpaired) electrons. The van der Waals surface area contributed by atoms with Gasteiger partial charge in [-0.2, -0.15) is 8.42 Å². The van der Waals surface area contributed by atoms with Gasteiger partial charge in [0.1, 0.15) is 12.0 Å². The zero-order valence-electron chi connectivity index (χ0n) is 8.17. The average Bonchev–Trinajstić information content (AvgIpc) is 2.19. The average molecular weight is 224 g/mol. The maximum Gasteiger partial charge on any atom is 0.312 e. The van der Waals surface area contributed by atoms with Crippen LogP contribution in [0.1, 0.15) is 5.56 Å². The number of benzene rings is 1. The van der Waals surface area contributed by atoms with Gasteiger partial charge < -0.3 is 4.18 Å². The standard InChI is InChI=1S/C11H12O3S/c1-2-10-15(12,13)14-9-8-11-6-4-3-5-7-11/h2-9H,1,10H2. The smallest absolute Gasteiger partial charge is 0.312 e. The van der Waals surface area contributed by atoms with Crippen LogP contribution in [0.25, 0.3) is 6.08 Å². The van der Waals surface area contributed by atoms with E-state index in [4.69, 9.17) is 0 Å². The summed E-state index contributed by atoms with van der Waals surface area (Å²) < 4.78 is 26.7. The second kappa shape index (κ2) is 5.36. The highest BCUT2D eigenvalue weighted by atomic mass is 32.2. The largest absolute Gasteiger partial charge is 0.390 e. The van der Waals surface area contributed by atoms with Crippen molar-refractivity contribution in [1.82, 2.24) is 0 Å². The summed E-state index contributed by atoms with van der Waals surface area (Å²) in [6, 6.07) is 9.29.